The van der Waals surface area contributed by atoms with Gasteiger partial charge in [0, 0.05) is 12.3 Å². The standard InChI is InChI=1S/C20H30O.C8H14O/c1-13-15-8-9-16-17(20(15,3)12-10-18(13)21)7-6-14-5-4-11-19(14,16)2;1-3-4-5-6-8(2)7-9/h9,13-15,17H,4-8,10-12H2,1-3H3;6-7H,3-5H2,1-2H3/b;8-6-. The number of rotatable bonds is 4. The Bertz CT molecular complexity index is 701. The fourth-order valence-corrected chi connectivity index (χ4v) is 7.41. The predicted octanol–water partition coefficient (Wildman–Crippen LogP) is 7.48. The van der Waals surface area contributed by atoms with Crippen LogP contribution in [0, 0.1) is 34.5 Å². The Morgan fingerprint density at radius 2 is 1.97 bits per heavy atom. The van der Waals surface area contributed by atoms with Gasteiger partial charge in [-0.25, -0.2) is 0 Å². The highest BCUT2D eigenvalue weighted by molar-refractivity contribution is 5.82. The van der Waals surface area contributed by atoms with Gasteiger partial charge >= 0.3 is 0 Å². The van der Waals surface area contributed by atoms with Crippen LogP contribution in [0.4, 0.5) is 0 Å². The van der Waals surface area contributed by atoms with Crippen LogP contribution in [-0.2, 0) is 9.59 Å². The Morgan fingerprint density at radius 1 is 1.20 bits per heavy atom. The minimum atomic E-state index is 0.288. The third kappa shape index (κ3) is 4.26. The lowest BCUT2D eigenvalue weighted by Gasteiger charge is -2.58. The zero-order valence-corrected chi connectivity index (χ0v) is 20.1. The molecule has 6 unspecified atom stereocenters. The van der Waals surface area contributed by atoms with Crippen molar-refractivity contribution in [2.24, 2.45) is 34.5 Å². The summed E-state index contributed by atoms with van der Waals surface area (Å²) in [4.78, 5) is 22.2. The smallest absolute Gasteiger partial charge is 0.145 e. The SMILES string of the molecule is CC1C(=O)CCC2(C)C3CCC4CCCC4(C)C3=CCC12.CCCC/C=C(/C)C=O. The molecule has 4 aliphatic rings. The molecule has 4 rings (SSSR count). The normalized spacial score (nSPS) is 40.4. The molecule has 0 aliphatic heterocycles. The number of ketones is 1. The van der Waals surface area contributed by atoms with Gasteiger partial charge in [0.2, 0.25) is 0 Å². The molecule has 0 aromatic rings. The highest BCUT2D eigenvalue weighted by atomic mass is 16.1. The van der Waals surface area contributed by atoms with Crippen molar-refractivity contribution in [3.63, 3.8) is 0 Å². The number of hydrogen-bond acceptors (Lipinski definition) is 2. The average molecular weight is 413 g/mol. The van der Waals surface area contributed by atoms with E-state index in [4.69, 9.17) is 0 Å². The molecule has 0 saturated heterocycles. The summed E-state index contributed by atoms with van der Waals surface area (Å²) >= 11 is 0. The monoisotopic (exact) mass is 412 g/mol. The van der Waals surface area contributed by atoms with E-state index in [1.807, 2.05) is 18.6 Å². The number of unbranched alkanes of at least 4 members (excludes halogenated alkanes) is 2. The van der Waals surface area contributed by atoms with Crippen LogP contribution in [0.15, 0.2) is 23.3 Å². The van der Waals surface area contributed by atoms with Crippen molar-refractivity contribution in [1.82, 2.24) is 0 Å². The molecule has 30 heavy (non-hydrogen) atoms. The highest BCUT2D eigenvalue weighted by Gasteiger charge is 2.57. The summed E-state index contributed by atoms with van der Waals surface area (Å²) in [5.74, 6) is 3.13. The lowest BCUT2D eigenvalue weighted by molar-refractivity contribution is -0.133. The molecule has 2 heteroatoms. The fourth-order valence-electron chi connectivity index (χ4n) is 7.41. The number of fused-ring (bicyclic) bond motifs is 5. The maximum atomic E-state index is 12.2. The van der Waals surface area contributed by atoms with Crippen molar-refractivity contribution >= 4 is 12.1 Å². The molecule has 0 aromatic heterocycles. The van der Waals surface area contributed by atoms with Gasteiger partial charge in [0.25, 0.3) is 0 Å². The van der Waals surface area contributed by atoms with Crippen LogP contribution in [0.2, 0.25) is 0 Å². The topological polar surface area (TPSA) is 34.1 Å². The molecule has 0 bridgehead atoms. The molecule has 0 aromatic carbocycles. The maximum Gasteiger partial charge on any atom is 0.145 e. The zero-order valence-electron chi connectivity index (χ0n) is 20.1. The quantitative estimate of drug-likeness (QED) is 0.208. The first-order valence-electron chi connectivity index (χ1n) is 12.6. The van der Waals surface area contributed by atoms with E-state index in [9.17, 15) is 9.59 Å². The molecular formula is C28H44O2. The van der Waals surface area contributed by atoms with Crippen molar-refractivity contribution in [2.75, 3.05) is 0 Å². The molecule has 0 N–H and O–H groups in total. The van der Waals surface area contributed by atoms with Gasteiger partial charge in [0.1, 0.15) is 12.1 Å². The second-order valence-corrected chi connectivity index (χ2v) is 11.1. The number of carbonyl (C=O) groups excluding carboxylic acids is 2. The second-order valence-electron chi connectivity index (χ2n) is 11.1. The number of carbonyl (C=O) groups is 2. The van der Waals surface area contributed by atoms with Crippen molar-refractivity contribution in [2.45, 2.75) is 105 Å². The maximum absolute atomic E-state index is 12.2. The predicted molar refractivity (Wildman–Crippen MR) is 125 cm³/mol. The van der Waals surface area contributed by atoms with Crippen LogP contribution < -0.4 is 0 Å². The van der Waals surface area contributed by atoms with E-state index in [1.54, 1.807) is 0 Å². The number of aldehydes is 1. The molecule has 0 amide bonds. The first kappa shape index (κ1) is 23.5. The number of allylic oxidation sites excluding steroid dienone is 4. The summed E-state index contributed by atoms with van der Waals surface area (Å²) in [5, 5.41) is 0. The van der Waals surface area contributed by atoms with E-state index < -0.39 is 0 Å². The Balaban J connectivity index is 0.000000244. The van der Waals surface area contributed by atoms with E-state index in [1.165, 1.54) is 44.9 Å². The van der Waals surface area contributed by atoms with Crippen LogP contribution in [0.3, 0.4) is 0 Å². The van der Waals surface area contributed by atoms with Crippen LogP contribution in [-0.4, -0.2) is 12.1 Å². The van der Waals surface area contributed by atoms with E-state index in [0.717, 1.165) is 49.4 Å². The summed E-state index contributed by atoms with van der Waals surface area (Å²) in [6, 6.07) is 0. The van der Waals surface area contributed by atoms with Gasteiger partial charge in [-0.2, -0.15) is 0 Å². The molecule has 4 aliphatic carbocycles. The molecule has 2 nitrogen and oxygen atoms in total. The molecule has 3 saturated carbocycles. The van der Waals surface area contributed by atoms with Crippen molar-refractivity contribution < 1.29 is 9.59 Å². The third-order valence-electron chi connectivity index (χ3n) is 9.45. The lowest BCUT2D eigenvalue weighted by atomic mass is 9.46. The lowest BCUT2D eigenvalue weighted by Crippen LogP contribution is -2.51. The third-order valence-corrected chi connectivity index (χ3v) is 9.45. The van der Waals surface area contributed by atoms with Gasteiger partial charge < -0.3 is 0 Å². The molecule has 6 atom stereocenters. The Labute approximate surface area is 185 Å². The molecular weight excluding hydrogens is 368 g/mol. The molecule has 0 heterocycles. The fraction of sp³-hybridized carbons (Fsp3) is 0.786. The number of hydrogen-bond donors (Lipinski definition) is 0. The molecule has 0 spiro atoms. The van der Waals surface area contributed by atoms with Gasteiger partial charge in [0.15, 0.2) is 0 Å². The second kappa shape index (κ2) is 9.53. The largest absolute Gasteiger partial charge is 0.299 e. The minimum Gasteiger partial charge on any atom is -0.299 e. The van der Waals surface area contributed by atoms with E-state index >= 15 is 0 Å². The van der Waals surface area contributed by atoms with Crippen molar-refractivity contribution in [3.8, 4) is 0 Å². The number of Topliss-reactive ketones (excluding diaryl/α,β-unsaturated/α-hetero) is 1. The summed E-state index contributed by atoms with van der Waals surface area (Å²) in [6.07, 6.45) is 19.2. The zero-order chi connectivity index (χ0) is 21.9. The first-order valence-corrected chi connectivity index (χ1v) is 12.6. The van der Waals surface area contributed by atoms with Crippen LogP contribution in [0.25, 0.3) is 0 Å². The summed E-state index contributed by atoms with van der Waals surface area (Å²) < 4.78 is 0. The highest BCUT2D eigenvalue weighted by Crippen LogP contribution is 2.65. The summed E-state index contributed by atoms with van der Waals surface area (Å²) in [6.45, 7) is 11.3. The van der Waals surface area contributed by atoms with Gasteiger partial charge in [-0.1, -0.05) is 64.7 Å². The van der Waals surface area contributed by atoms with Crippen LogP contribution in [0.1, 0.15) is 105 Å². The van der Waals surface area contributed by atoms with E-state index in [-0.39, 0.29) is 5.92 Å². The minimum absolute atomic E-state index is 0.288. The Hall–Kier alpha value is -1.18. The average Bonchev–Trinajstić information content (AvgIpc) is 3.13. The van der Waals surface area contributed by atoms with Gasteiger partial charge in [-0.15, -0.1) is 0 Å². The Morgan fingerprint density at radius 3 is 2.67 bits per heavy atom. The Kier molecular flexibility index (Phi) is 7.46. The van der Waals surface area contributed by atoms with Gasteiger partial charge in [0.05, 0.1) is 0 Å². The van der Waals surface area contributed by atoms with Crippen molar-refractivity contribution in [3.05, 3.63) is 23.3 Å². The van der Waals surface area contributed by atoms with Crippen LogP contribution in [0.5, 0.6) is 0 Å². The van der Waals surface area contributed by atoms with Gasteiger partial charge in [-0.3, -0.25) is 9.59 Å². The first-order chi connectivity index (χ1) is 14.3. The molecule has 3 fully saturated rings. The summed E-state index contributed by atoms with van der Waals surface area (Å²) in [7, 11) is 0. The van der Waals surface area contributed by atoms with Gasteiger partial charge in [-0.05, 0) is 86.0 Å². The van der Waals surface area contributed by atoms with E-state index in [0.29, 0.717) is 22.5 Å². The van der Waals surface area contributed by atoms with Crippen LogP contribution >= 0.6 is 0 Å². The summed E-state index contributed by atoms with van der Waals surface area (Å²) in [5.41, 5.74) is 3.57. The van der Waals surface area contributed by atoms with E-state index in [2.05, 4.69) is 33.8 Å². The molecule has 168 valence electrons. The molecule has 0 radical (unpaired) electrons. The van der Waals surface area contributed by atoms with Crippen molar-refractivity contribution in [1.29, 1.82) is 0 Å².